The first kappa shape index (κ1) is 12.0. The third-order valence-corrected chi connectivity index (χ3v) is 2.64. The Bertz CT molecular complexity index is 468. The summed E-state index contributed by atoms with van der Waals surface area (Å²) in [7, 11) is 1.85. The van der Waals surface area contributed by atoms with Crippen molar-refractivity contribution < 1.29 is 9.47 Å². The molecular formula is C12H13BrN2O2. The van der Waals surface area contributed by atoms with E-state index in [1.165, 1.54) is 0 Å². The largest absolute Gasteiger partial charge is 0.490 e. The maximum absolute atomic E-state index is 5.52. The van der Waals surface area contributed by atoms with E-state index in [1.807, 2.05) is 37.5 Å². The predicted octanol–water partition coefficient (Wildman–Crippen LogP) is 2.64. The molecule has 0 unspecified atom stereocenters. The summed E-state index contributed by atoms with van der Waals surface area (Å²) in [5.74, 6) is 1.59. The van der Waals surface area contributed by atoms with Crippen molar-refractivity contribution >= 4 is 15.9 Å². The first-order valence-electron chi connectivity index (χ1n) is 5.24. The Morgan fingerprint density at radius 3 is 2.35 bits per heavy atom. The second-order valence-corrected chi connectivity index (χ2v) is 4.42. The fourth-order valence-corrected chi connectivity index (χ4v) is 1.59. The Labute approximate surface area is 108 Å². The van der Waals surface area contributed by atoms with Crippen molar-refractivity contribution in [3.05, 3.63) is 41.1 Å². The molecule has 0 atom stereocenters. The Kier molecular flexibility index (Phi) is 4.03. The second-order valence-electron chi connectivity index (χ2n) is 3.50. The van der Waals surface area contributed by atoms with Crippen molar-refractivity contribution in [1.82, 2.24) is 9.78 Å². The number of hydrogen-bond donors (Lipinski definition) is 0. The van der Waals surface area contributed by atoms with Crippen LogP contribution in [0.25, 0.3) is 0 Å². The summed E-state index contributed by atoms with van der Waals surface area (Å²) < 4.78 is 13.7. The highest BCUT2D eigenvalue weighted by atomic mass is 79.9. The molecule has 0 bridgehead atoms. The van der Waals surface area contributed by atoms with Crippen molar-refractivity contribution in [2.24, 2.45) is 7.05 Å². The highest BCUT2D eigenvalue weighted by molar-refractivity contribution is 9.10. The first-order chi connectivity index (χ1) is 8.24. The second kappa shape index (κ2) is 5.72. The highest BCUT2D eigenvalue weighted by Gasteiger charge is 1.97. The smallest absolute Gasteiger partial charge is 0.157 e. The number of hydrogen-bond acceptors (Lipinski definition) is 3. The lowest BCUT2D eigenvalue weighted by atomic mass is 10.3. The molecule has 0 aliphatic heterocycles. The molecule has 90 valence electrons. The summed E-state index contributed by atoms with van der Waals surface area (Å²) in [6, 6.07) is 7.71. The fraction of sp³-hybridized carbons (Fsp3) is 0.250. The Hall–Kier alpha value is -1.49. The van der Waals surface area contributed by atoms with E-state index in [1.54, 1.807) is 10.9 Å². The zero-order valence-corrected chi connectivity index (χ0v) is 11.1. The third kappa shape index (κ3) is 3.78. The molecule has 0 N–H and O–H groups in total. The van der Waals surface area contributed by atoms with E-state index >= 15 is 0 Å². The van der Waals surface area contributed by atoms with Crippen LogP contribution in [0.1, 0.15) is 0 Å². The quantitative estimate of drug-likeness (QED) is 0.796. The lowest BCUT2D eigenvalue weighted by molar-refractivity contribution is 0.217. The van der Waals surface area contributed by atoms with E-state index in [0.29, 0.717) is 13.2 Å². The maximum atomic E-state index is 5.52. The molecule has 2 aromatic rings. The molecule has 4 nitrogen and oxygen atoms in total. The summed E-state index contributed by atoms with van der Waals surface area (Å²) >= 11 is 3.37. The van der Waals surface area contributed by atoms with Crippen LogP contribution in [0.5, 0.6) is 11.5 Å². The molecule has 0 aliphatic carbocycles. The van der Waals surface area contributed by atoms with Crippen LogP contribution in [-0.2, 0) is 7.05 Å². The monoisotopic (exact) mass is 296 g/mol. The first-order valence-corrected chi connectivity index (χ1v) is 6.03. The Balaban J connectivity index is 1.71. The van der Waals surface area contributed by atoms with Gasteiger partial charge in [-0.25, -0.2) is 0 Å². The molecule has 0 amide bonds. The number of rotatable bonds is 5. The minimum absolute atomic E-state index is 0.502. The Morgan fingerprint density at radius 2 is 1.76 bits per heavy atom. The topological polar surface area (TPSA) is 36.3 Å². The zero-order valence-electron chi connectivity index (χ0n) is 9.47. The van der Waals surface area contributed by atoms with Gasteiger partial charge in [0.25, 0.3) is 0 Å². The summed E-state index contributed by atoms with van der Waals surface area (Å²) in [6.45, 7) is 1.01. The van der Waals surface area contributed by atoms with Gasteiger partial charge in [0.15, 0.2) is 5.75 Å². The van der Waals surface area contributed by atoms with Gasteiger partial charge in [-0.15, -0.1) is 0 Å². The molecule has 1 aromatic carbocycles. The van der Waals surface area contributed by atoms with Crippen molar-refractivity contribution in [1.29, 1.82) is 0 Å². The van der Waals surface area contributed by atoms with E-state index < -0.39 is 0 Å². The fourth-order valence-electron chi connectivity index (χ4n) is 1.32. The average Bonchev–Trinajstić information content (AvgIpc) is 2.73. The Morgan fingerprint density at radius 1 is 1.12 bits per heavy atom. The number of nitrogens with zero attached hydrogens (tertiary/aromatic N) is 2. The normalized spacial score (nSPS) is 10.2. The van der Waals surface area contributed by atoms with Gasteiger partial charge in [-0.2, -0.15) is 5.10 Å². The summed E-state index contributed by atoms with van der Waals surface area (Å²) in [5, 5.41) is 4.01. The number of aromatic nitrogens is 2. The van der Waals surface area contributed by atoms with Gasteiger partial charge >= 0.3 is 0 Å². The molecule has 2 rings (SSSR count). The molecule has 5 heteroatoms. The lowest BCUT2D eigenvalue weighted by Crippen LogP contribution is -2.08. The molecular weight excluding hydrogens is 284 g/mol. The molecule has 0 saturated heterocycles. The van der Waals surface area contributed by atoms with Gasteiger partial charge < -0.3 is 9.47 Å². The maximum Gasteiger partial charge on any atom is 0.157 e. The molecule has 0 fully saturated rings. The zero-order chi connectivity index (χ0) is 12.1. The highest BCUT2D eigenvalue weighted by Crippen LogP contribution is 2.16. The van der Waals surface area contributed by atoms with E-state index in [0.717, 1.165) is 16.0 Å². The molecule has 0 aliphatic rings. The van der Waals surface area contributed by atoms with Crippen LogP contribution < -0.4 is 9.47 Å². The molecule has 1 heterocycles. The van der Waals surface area contributed by atoms with Gasteiger partial charge in [0.2, 0.25) is 0 Å². The van der Waals surface area contributed by atoms with E-state index in [-0.39, 0.29) is 0 Å². The van der Waals surface area contributed by atoms with Gasteiger partial charge in [-0.3, -0.25) is 4.68 Å². The summed E-state index contributed by atoms with van der Waals surface area (Å²) in [6.07, 6.45) is 3.50. The number of aryl methyl sites for hydroxylation is 1. The molecule has 0 saturated carbocycles. The van der Waals surface area contributed by atoms with Gasteiger partial charge in [-0.1, -0.05) is 15.9 Å². The van der Waals surface area contributed by atoms with E-state index in [9.17, 15) is 0 Å². The summed E-state index contributed by atoms with van der Waals surface area (Å²) in [5.41, 5.74) is 0. The third-order valence-electron chi connectivity index (χ3n) is 2.12. The number of benzene rings is 1. The lowest BCUT2D eigenvalue weighted by Gasteiger charge is -2.06. The SMILES string of the molecule is Cn1cc(OCCOc2ccc(Br)cc2)cn1. The van der Waals surface area contributed by atoms with Crippen LogP contribution in [0.15, 0.2) is 41.1 Å². The van der Waals surface area contributed by atoms with Gasteiger partial charge in [0.05, 0.1) is 12.4 Å². The molecule has 17 heavy (non-hydrogen) atoms. The van der Waals surface area contributed by atoms with Gasteiger partial charge in [0.1, 0.15) is 19.0 Å². The van der Waals surface area contributed by atoms with Crippen molar-refractivity contribution in [3.63, 3.8) is 0 Å². The van der Waals surface area contributed by atoms with Crippen molar-refractivity contribution in [2.75, 3.05) is 13.2 Å². The van der Waals surface area contributed by atoms with Crippen molar-refractivity contribution in [3.8, 4) is 11.5 Å². The van der Waals surface area contributed by atoms with Crippen LogP contribution in [0, 0.1) is 0 Å². The standard InChI is InChI=1S/C12H13BrN2O2/c1-15-9-12(8-14-15)17-7-6-16-11-4-2-10(13)3-5-11/h2-5,8-9H,6-7H2,1H3. The summed E-state index contributed by atoms with van der Waals surface area (Å²) in [4.78, 5) is 0. The molecule has 0 spiro atoms. The van der Waals surface area contributed by atoms with E-state index in [2.05, 4.69) is 21.0 Å². The van der Waals surface area contributed by atoms with E-state index in [4.69, 9.17) is 9.47 Å². The average molecular weight is 297 g/mol. The predicted molar refractivity (Wildman–Crippen MR) is 68.3 cm³/mol. The number of halogens is 1. The van der Waals surface area contributed by atoms with Crippen molar-refractivity contribution in [2.45, 2.75) is 0 Å². The van der Waals surface area contributed by atoms with Gasteiger partial charge in [0, 0.05) is 11.5 Å². The van der Waals surface area contributed by atoms with Crippen LogP contribution in [0.3, 0.4) is 0 Å². The molecule has 0 radical (unpaired) electrons. The van der Waals surface area contributed by atoms with Crippen LogP contribution in [0.4, 0.5) is 0 Å². The van der Waals surface area contributed by atoms with Crippen LogP contribution in [0.2, 0.25) is 0 Å². The molecule has 1 aromatic heterocycles. The minimum Gasteiger partial charge on any atom is -0.490 e. The van der Waals surface area contributed by atoms with Gasteiger partial charge in [-0.05, 0) is 24.3 Å². The number of ether oxygens (including phenoxy) is 2. The van der Waals surface area contributed by atoms with Crippen LogP contribution in [-0.4, -0.2) is 23.0 Å². The minimum atomic E-state index is 0.502. The van der Waals surface area contributed by atoms with Crippen LogP contribution >= 0.6 is 15.9 Å².